The molecule has 3 aromatic rings. The summed E-state index contributed by atoms with van der Waals surface area (Å²) in [5.74, 6) is 0.973. The van der Waals surface area contributed by atoms with Crippen LogP contribution in [0.1, 0.15) is 27.0 Å². The first kappa shape index (κ1) is 19.1. The first-order valence-electron chi connectivity index (χ1n) is 10.0. The van der Waals surface area contributed by atoms with Gasteiger partial charge < -0.3 is 9.80 Å². The number of carbonyl (C=O) groups excluding carboxylic acids is 1. The van der Waals surface area contributed by atoms with Gasteiger partial charge in [0.1, 0.15) is 0 Å². The van der Waals surface area contributed by atoms with Crippen molar-refractivity contribution in [3.63, 3.8) is 0 Å². The zero-order valence-corrected chi connectivity index (χ0v) is 17.2. The SMILES string of the molecule is Cc1ccc(-c2ccc(N3CCN(C(=O)c4ccccc4C)CC3)nn2)c(C)c1. The number of piperazine rings is 1. The van der Waals surface area contributed by atoms with Crippen molar-refractivity contribution in [1.82, 2.24) is 15.1 Å². The van der Waals surface area contributed by atoms with E-state index < -0.39 is 0 Å². The number of nitrogens with zero attached hydrogens (tertiary/aromatic N) is 4. The third kappa shape index (κ3) is 3.99. The predicted octanol–water partition coefficient (Wildman–Crippen LogP) is 4.03. The van der Waals surface area contributed by atoms with E-state index in [-0.39, 0.29) is 5.91 Å². The van der Waals surface area contributed by atoms with Gasteiger partial charge in [0.15, 0.2) is 5.82 Å². The molecular weight excluding hydrogens is 360 g/mol. The highest BCUT2D eigenvalue weighted by Gasteiger charge is 2.23. The first-order chi connectivity index (χ1) is 14.0. The number of aryl methyl sites for hydroxylation is 3. The van der Waals surface area contributed by atoms with Crippen molar-refractivity contribution in [2.24, 2.45) is 0 Å². The Morgan fingerprint density at radius 1 is 0.828 bits per heavy atom. The van der Waals surface area contributed by atoms with Crippen LogP contribution in [-0.4, -0.2) is 47.2 Å². The summed E-state index contributed by atoms with van der Waals surface area (Å²) < 4.78 is 0. The van der Waals surface area contributed by atoms with Gasteiger partial charge >= 0.3 is 0 Å². The zero-order chi connectivity index (χ0) is 20.4. The maximum Gasteiger partial charge on any atom is 0.254 e. The van der Waals surface area contributed by atoms with E-state index >= 15 is 0 Å². The average molecular weight is 386 g/mol. The summed E-state index contributed by atoms with van der Waals surface area (Å²) in [6.45, 7) is 9.07. The summed E-state index contributed by atoms with van der Waals surface area (Å²) >= 11 is 0. The second-order valence-electron chi connectivity index (χ2n) is 7.69. The molecule has 29 heavy (non-hydrogen) atoms. The molecule has 0 bridgehead atoms. The van der Waals surface area contributed by atoms with Gasteiger partial charge in [0, 0.05) is 37.3 Å². The molecule has 1 saturated heterocycles. The van der Waals surface area contributed by atoms with Crippen LogP contribution in [0.2, 0.25) is 0 Å². The van der Waals surface area contributed by atoms with Crippen LogP contribution in [0, 0.1) is 20.8 Å². The van der Waals surface area contributed by atoms with Crippen LogP contribution in [0.3, 0.4) is 0 Å². The van der Waals surface area contributed by atoms with Crippen LogP contribution < -0.4 is 4.90 Å². The molecular formula is C24H26N4O. The Labute approximate surface area is 172 Å². The summed E-state index contributed by atoms with van der Waals surface area (Å²) in [7, 11) is 0. The largest absolute Gasteiger partial charge is 0.352 e. The van der Waals surface area contributed by atoms with Gasteiger partial charge in [0.25, 0.3) is 5.91 Å². The van der Waals surface area contributed by atoms with E-state index in [1.165, 1.54) is 11.1 Å². The molecule has 5 nitrogen and oxygen atoms in total. The molecule has 2 heterocycles. The molecule has 1 amide bonds. The standard InChI is InChI=1S/C24H26N4O/c1-17-8-9-20(19(3)16-17)22-10-11-23(26-25-22)27-12-14-28(15-13-27)24(29)21-7-5-4-6-18(21)2/h4-11,16H,12-15H2,1-3H3. The van der Waals surface area contributed by atoms with Gasteiger partial charge in [-0.05, 0) is 50.1 Å². The monoisotopic (exact) mass is 386 g/mol. The van der Waals surface area contributed by atoms with E-state index in [2.05, 4.69) is 47.1 Å². The summed E-state index contributed by atoms with van der Waals surface area (Å²) in [5.41, 5.74) is 6.26. The molecule has 5 heteroatoms. The first-order valence-corrected chi connectivity index (χ1v) is 10.0. The molecule has 0 spiro atoms. The number of rotatable bonds is 3. The van der Waals surface area contributed by atoms with E-state index in [0.717, 1.165) is 41.3 Å². The number of carbonyl (C=O) groups is 1. The second kappa shape index (κ2) is 8.03. The third-order valence-corrected chi connectivity index (χ3v) is 5.57. The van der Waals surface area contributed by atoms with Crippen molar-refractivity contribution in [1.29, 1.82) is 0 Å². The molecule has 0 aliphatic carbocycles. The Hall–Kier alpha value is -3.21. The molecule has 0 saturated carbocycles. The third-order valence-electron chi connectivity index (χ3n) is 5.57. The maximum atomic E-state index is 12.8. The summed E-state index contributed by atoms with van der Waals surface area (Å²) in [6, 6.07) is 18.2. The lowest BCUT2D eigenvalue weighted by Gasteiger charge is -2.35. The molecule has 4 rings (SSSR count). The summed E-state index contributed by atoms with van der Waals surface area (Å²) in [6.07, 6.45) is 0. The number of benzene rings is 2. The van der Waals surface area contributed by atoms with Crippen molar-refractivity contribution in [3.05, 3.63) is 76.9 Å². The number of aromatic nitrogens is 2. The fourth-order valence-corrected chi connectivity index (χ4v) is 3.86. The Morgan fingerprint density at radius 3 is 2.24 bits per heavy atom. The predicted molar refractivity (Wildman–Crippen MR) is 116 cm³/mol. The molecule has 1 fully saturated rings. The van der Waals surface area contributed by atoms with Crippen molar-refractivity contribution in [2.75, 3.05) is 31.1 Å². The van der Waals surface area contributed by atoms with Crippen molar-refractivity contribution >= 4 is 11.7 Å². The number of amides is 1. The van der Waals surface area contributed by atoms with Gasteiger partial charge in [-0.2, -0.15) is 0 Å². The molecule has 0 radical (unpaired) electrons. The van der Waals surface area contributed by atoms with Crippen molar-refractivity contribution in [3.8, 4) is 11.3 Å². The fourth-order valence-electron chi connectivity index (χ4n) is 3.86. The minimum atomic E-state index is 0.110. The summed E-state index contributed by atoms with van der Waals surface area (Å²) in [4.78, 5) is 16.9. The topological polar surface area (TPSA) is 49.3 Å². The van der Waals surface area contributed by atoms with Gasteiger partial charge in [0.05, 0.1) is 5.69 Å². The van der Waals surface area contributed by atoms with Crippen LogP contribution in [0.15, 0.2) is 54.6 Å². The molecule has 1 aliphatic heterocycles. The minimum Gasteiger partial charge on any atom is -0.352 e. The van der Waals surface area contributed by atoms with E-state index in [9.17, 15) is 4.79 Å². The molecule has 0 N–H and O–H groups in total. The van der Waals surface area contributed by atoms with Gasteiger partial charge in [0.2, 0.25) is 0 Å². The minimum absolute atomic E-state index is 0.110. The molecule has 0 atom stereocenters. The normalized spacial score (nSPS) is 14.2. The molecule has 1 aromatic heterocycles. The van der Waals surface area contributed by atoms with Crippen molar-refractivity contribution < 1.29 is 4.79 Å². The number of hydrogen-bond donors (Lipinski definition) is 0. The fraction of sp³-hybridized carbons (Fsp3) is 0.292. The average Bonchev–Trinajstić information content (AvgIpc) is 2.74. The molecule has 2 aromatic carbocycles. The highest BCUT2D eigenvalue weighted by molar-refractivity contribution is 5.95. The summed E-state index contributed by atoms with van der Waals surface area (Å²) in [5, 5.41) is 8.91. The Kier molecular flexibility index (Phi) is 5.30. The molecule has 148 valence electrons. The quantitative estimate of drug-likeness (QED) is 0.682. The Balaban J connectivity index is 1.42. The van der Waals surface area contributed by atoms with Gasteiger partial charge in [-0.25, -0.2) is 0 Å². The lowest BCUT2D eigenvalue weighted by atomic mass is 10.0. The smallest absolute Gasteiger partial charge is 0.254 e. The zero-order valence-electron chi connectivity index (χ0n) is 17.2. The van der Waals surface area contributed by atoms with E-state index in [4.69, 9.17) is 0 Å². The van der Waals surface area contributed by atoms with E-state index in [1.807, 2.05) is 48.2 Å². The van der Waals surface area contributed by atoms with Gasteiger partial charge in [-0.3, -0.25) is 4.79 Å². The van der Waals surface area contributed by atoms with Gasteiger partial charge in [-0.15, -0.1) is 10.2 Å². The molecule has 0 unspecified atom stereocenters. The maximum absolute atomic E-state index is 12.8. The number of hydrogen-bond acceptors (Lipinski definition) is 4. The highest BCUT2D eigenvalue weighted by atomic mass is 16.2. The Morgan fingerprint density at radius 2 is 1.59 bits per heavy atom. The van der Waals surface area contributed by atoms with E-state index in [0.29, 0.717) is 13.1 Å². The van der Waals surface area contributed by atoms with Crippen LogP contribution in [-0.2, 0) is 0 Å². The molecule has 1 aliphatic rings. The number of anilines is 1. The second-order valence-corrected chi connectivity index (χ2v) is 7.69. The van der Waals surface area contributed by atoms with Crippen LogP contribution in [0.4, 0.5) is 5.82 Å². The van der Waals surface area contributed by atoms with Crippen molar-refractivity contribution in [2.45, 2.75) is 20.8 Å². The Bertz CT molecular complexity index is 1020. The van der Waals surface area contributed by atoms with Crippen LogP contribution in [0.25, 0.3) is 11.3 Å². The van der Waals surface area contributed by atoms with Gasteiger partial charge in [-0.1, -0.05) is 42.0 Å². The van der Waals surface area contributed by atoms with Crippen LogP contribution in [0.5, 0.6) is 0 Å². The highest BCUT2D eigenvalue weighted by Crippen LogP contribution is 2.23. The lowest BCUT2D eigenvalue weighted by Crippen LogP contribution is -2.49. The van der Waals surface area contributed by atoms with E-state index in [1.54, 1.807) is 0 Å². The lowest BCUT2D eigenvalue weighted by molar-refractivity contribution is 0.0745. The van der Waals surface area contributed by atoms with Crippen LogP contribution >= 0.6 is 0 Å².